The summed E-state index contributed by atoms with van der Waals surface area (Å²) in [5.74, 6) is 0. The van der Waals surface area contributed by atoms with E-state index >= 15 is 0 Å². The zero-order chi connectivity index (χ0) is 9.07. The summed E-state index contributed by atoms with van der Waals surface area (Å²) in [5, 5.41) is 0. The maximum Gasteiger partial charge on any atom is 0.423 e. The third kappa shape index (κ3) is 4.78. The molecule has 11 heavy (non-hydrogen) atoms. The van der Waals surface area contributed by atoms with Crippen molar-refractivity contribution in [2.75, 3.05) is 0 Å². The lowest BCUT2D eigenvalue weighted by atomic mass is 10.2. The highest BCUT2D eigenvalue weighted by Gasteiger charge is 2.37. The fourth-order valence-electron chi connectivity index (χ4n) is 0.382. The molecule has 0 aromatic carbocycles. The lowest BCUT2D eigenvalue weighted by Crippen LogP contribution is -2.23. The number of nitrogens with two attached hydrogens (primary N) is 1. The lowest BCUT2D eigenvalue weighted by molar-refractivity contribution is -0.166. The van der Waals surface area contributed by atoms with Crippen LogP contribution in [0, 0.1) is 0 Å². The highest BCUT2D eigenvalue weighted by Crippen LogP contribution is 2.23. The maximum absolute atomic E-state index is 12.0. The van der Waals surface area contributed by atoms with Gasteiger partial charge in [0.2, 0.25) is 6.17 Å². The van der Waals surface area contributed by atoms with Crippen LogP contribution in [-0.2, 0) is 0 Å². The van der Waals surface area contributed by atoms with Crippen molar-refractivity contribution in [3.63, 3.8) is 0 Å². The summed E-state index contributed by atoms with van der Waals surface area (Å²) in [6.07, 6.45) is -6.35. The molecular formula is C6H9F4N. The predicted octanol–water partition coefficient (Wildman–Crippen LogP) is 1.79. The van der Waals surface area contributed by atoms with Gasteiger partial charge in [-0.3, -0.25) is 0 Å². The largest absolute Gasteiger partial charge is 0.423 e. The molecule has 66 valence electrons. The SMILES string of the molecule is CC(N)/C=C/C(F)C(F)(F)F. The minimum absolute atomic E-state index is 0.407. The molecule has 0 spiro atoms. The summed E-state index contributed by atoms with van der Waals surface area (Å²) >= 11 is 0. The number of rotatable bonds is 2. The summed E-state index contributed by atoms with van der Waals surface area (Å²) in [4.78, 5) is 0. The molecule has 0 aromatic heterocycles. The molecule has 0 aromatic rings. The summed E-state index contributed by atoms with van der Waals surface area (Å²) in [5.41, 5.74) is 5.06. The average Bonchev–Trinajstić information content (AvgIpc) is 1.80. The van der Waals surface area contributed by atoms with E-state index in [9.17, 15) is 17.6 Å². The third-order valence-corrected chi connectivity index (χ3v) is 0.896. The first-order valence-corrected chi connectivity index (χ1v) is 2.98. The van der Waals surface area contributed by atoms with Gasteiger partial charge in [0.15, 0.2) is 0 Å². The second kappa shape index (κ2) is 3.71. The smallest absolute Gasteiger partial charge is 0.325 e. The monoisotopic (exact) mass is 171 g/mol. The van der Waals surface area contributed by atoms with Gasteiger partial charge in [-0.25, -0.2) is 4.39 Å². The van der Waals surface area contributed by atoms with E-state index in [-0.39, 0.29) is 0 Å². The summed E-state index contributed by atoms with van der Waals surface area (Å²) in [6, 6.07) is -0.560. The molecule has 2 unspecified atom stereocenters. The Morgan fingerprint density at radius 2 is 1.73 bits per heavy atom. The van der Waals surface area contributed by atoms with Gasteiger partial charge in [0, 0.05) is 6.04 Å². The highest BCUT2D eigenvalue weighted by molar-refractivity contribution is 4.96. The number of halogens is 4. The minimum atomic E-state index is -4.81. The van der Waals surface area contributed by atoms with E-state index in [0.717, 1.165) is 6.08 Å². The van der Waals surface area contributed by atoms with Crippen LogP contribution in [0.1, 0.15) is 6.92 Å². The summed E-state index contributed by atoms with van der Waals surface area (Å²) in [6.45, 7) is 1.46. The quantitative estimate of drug-likeness (QED) is 0.497. The number of alkyl halides is 4. The molecule has 0 aliphatic carbocycles. The molecule has 5 heteroatoms. The van der Waals surface area contributed by atoms with Crippen molar-refractivity contribution in [1.82, 2.24) is 0 Å². The Morgan fingerprint density at radius 3 is 2.00 bits per heavy atom. The number of hydrogen-bond donors (Lipinski definition) is 1. The van der Waals surface area contributed by atoms with Crippen molar-refractivity contribution in [2.45, 2.75) is 25.3 Å². The minimum Gasteiger partial charge on any atom is -0.325 e. The molecule has 2 atom stereocenters. The Labute approximate surface area is 61.9 Å². The summed E-state index contributed by atoms with van der Waals surface area (Å²) < 4.78 is 46.3. The van der Waals surface area contributed by atoms with Crippen molar-refractivity contribution in [3.8, 4) is 0 Å². The van der Waals surface area contributed by atoms with Crippen LogP contribution in [0.15, 0.2) is 12.2 Å². The molecule has 2 N–H and O–H groups in total. The van der Waals surface area contributed by atoms with Gasteiger partial charge in [-0.15, -0.1) is 0 Å². The van der Waals surface area contributed by atoms with Gasteiger partial charge in [-0.1, -0.05) is 6.08 Å². The van der Waals surface area contributed by atoms with Crippen LogP contribution < -0.4 is 5.73 Å². The third-order valence-electron chi connectivity index (χ3n) is 0.896. The van der Waals surface area contributed by atoms with Crippen molar-refractivity contribution in [2.24, 2.45) is 5.73 Å². The molecule has 0 radical (unpaired) electrons. The molecule has 0 aliphatic rings. The fourth-order valence-corrected chi connectivity index (χ4v) is 0.382. The van der Waals surface area contributed by atoms with Crippen LogP contribution in [0.5, 0.6) is 0 Å². The number of allylic oxidation sites excluding steroid dienone is 1. The Kier molecular flexibility index (Phi) is 3.51. The molecule has 0 saturated carbocycles. The average molecular weight is 171 g/mol. The summed E-state index contributed by atoms with van der Waals surface area (Å²) in [7, 11) is 0. The van der Waals surface area contributed by atoms with Crippen LogP contribution in [0.3, 0.4) is 0 Å². The van der Waals surface area contributed by atoms with Crippen molar-refractivity contribution < 1.29 is 17.6 Å². The van der Waals surface area contributed by atoms with E-state index in [2.05, 4.69) is 0 Å². The topological polar surface area (TPSA) is 26.0 Å². The molecular weight excluding hydrogens is 162 g/mol. The van der Waals surface area contributed by atoms with E-state index in [1.165, 1.54) is 6.92 Å². The van der Waals surface area contributed by atoms with Crippen LogP contribution in [0.4, 0.5) is 17.6 Å². The Morgan fingerprint density at radius 1 is 1.27 bits per heavy atom. The van der Waals surface area contributed by atoms with Crippen LogP contribution >= 0.6 is 0 Å². The first kappa shape index (κ1) is 10.4. The van der Waals surface area contributed by atoms with Gasteiger partial charge in [0.25, 0.3) is 0 Å². The van der Waals surface area contributed by atoms with Gasteiger partial charge in [0.1, 0.15) is 0 Å². The van der Waals surface area contributed by atoms with E-state index in [4.69, 9.17) is 5.73 Å². The van der Waals surface area contributed by atoms with Gasteiger partial charge in [-0.05, 0) is 13.0 Å². The first-order valence-electron chi connectivity index (χ1n) is 2.98. The Balaban J connectivity index is 3.97. The first-order chi connectivity index (χ1) is 4.84. The van der Waals surface area contributed by atoms with E-state index in [0.29, 0.717) is 6.08 Å². The maximum atomic E-state index is 12.0. The van der Waals surface area contributed by atoms with Gasteiger partial charge >= 0.3 is 6.18 Å². The van der Waals surface area contributed by atoms with Crippen molar-refractivity contribution in [1.29, 1.82) is 0 Å². The molecule has 0 heterocycles. The lowest BCUT2D eigenvalue weighted by Gasteiger charge is -2.07. The van der Waals surface area contributed by atoms with Gasteiger partial charge < -0.3 is 5.73 Å². The molecule has 0 aliphatic heterocycles. The molecule has 0 amide bonds. The zero-order valence-corrected chi connectivity index (χ0v) is 5.90. The van der Waals surface area contributed by atoms with E-state index in [1.807, 2.05) is 0 Å². The molecule has 0 rings (SSSR count). The zero-order valence-electron chi connectivity index (χ0n) is 5.90. The van der Waals surface area contributed by atoms with Crippen molar-refractivity contribution in [3.05, 3.63) is 12.2 Å². The number of hydrogen-bond acceptors (Lipinski definition) is 1. The Bertz CT molecular complexity index is 138. The Hall–Kier alpha value is -0.580. The standard InChI is InChI=1S/C6H9F4N/c1-4(11)2-3-5(7)6(8,9)10/h2-5H,11H2,1H3/b3-2+. The second-order valence-electron chi connectivity index (χ2n) is 2.19. The van der Waals surface area contributed by atoms with Crippen LogP contribution in [0.25, 0.3) is 0 Å². The predicted molar refractivity (Wildman–Crippen MR) is 33.7 cm³/mol. The normalized spacial score (nSPS) is 18.7. The van der Waals surface area contributed by atoms with Crippen molar-refractivity contribution >= 4 is 0 Å². The molecule has 0 fully saturated rings. The molecule has 0 bridgehead atoms. The molecule has 1 nitrogen and oxygen atoms in total. The van der Waals surface area contributed by atoms with E-state index < -0.39 is 18.4 Å². The molecule has 0 saturated heterocycles. The van der Waals surface area contributed by atoms with E-state index in [1.54, 1.807) is 0 Å². The van der Waals surface area contributed by atoms with Gasteiger partial charge in [-0.2, -0.15) is 13.2 Å². The van der Waals surface area contributed by atoms with Crippen LogP contribution in [-0.4, -0.2) is 18.4 Å². The highest BCUT2D eigenvalue weighted by atomic mass is 19.4. The van der Waals surface area contributed by atoms with Crippen LogP contribution in [0.2, 0.25) is 0 Å². The fraction of sp³-hybridized carbons (Fsp3) is 0.667. The van der Waals surface area contributed by atoms with Gasteiger partial charge in [0.05, 0.1) is 0 Å². The second-order valence-corrected chi connectivity index (χ2v) is 2.19.